The Balaban J connectivity index is 0.00000349. The molecule has 0 saturated carbocycles. The SMILES string of the molecule is Cc1cccc2c3cccc(C)c3n(-c3ccnc(-n4c5[c-]c(Oc6[c-]c7c(cc6)c6ccccc6c6ccnn76)ccc5c5ccccc54)c3)c12.[Pt+2]. The Morgan fingerprint density at radius 2 is 1.11 bits per heavy atom. The molecular formula is C46H29N5OPt. The van der Waals surface area contributed by atoms with Gasteiger partial charge in [0.25, 0.3) is 0 Å². The first-order valence-corrected chi connectivity index (χ1v) is 17.4. The number of para-hydroxylation sites is 3. The van der Waals surface area contributed by atoms with Gasteiger partial charge in [0.1, 0.15) is 5.82 Å². The van der Waals surface area contributed by atoms with Gasteiger partial charge in [0.05, 0.1) is 22.2 Å². The molecule has 6 aromatic carbocycles. The van der Waals surface area contributed by atoms with E-state index >= 15 is 0 Å². The van der Waals surface area contributed by atoms with E-state index in [-0.39, 0.29) is 21.1 Å². The first kappa shape index (κ1) is 31.5. The molecule has 0 aliphatic heterocycles. The van der Waals surface area contributed by atoms with E-state index in [0.717, 1.165) is 60.5 Å². The van der Waals surface area contributed by atoms with Crippen molar-refractivity contribution in [3.8, 4) is 23.0 Å². The molecule has 53 heavy (non-hydrogen) atoms. The molecule has 6 nitrogen and oxygen atoms in total. The van der Waals surface area contributed by atoms with Crippen molar-refractivity contribution in [1.82, 2.24) is 23.7 Å². The topological polar surface area (TPSA) is 49.3 Å². The molecule has 0 bridgehead atoms. The van der Waals surface area contributed by atoms with Gasteiger partial charge in [-0.1, -0.05) is 89.8 Å². The van der Waals surface area contributed by atoms with Gasteiger partial charge in [-0.3, -0.25) is 4.52 Å². The van der Waals surface area contributed by atoms with E-state index in [4.69, 9.17) is 9.72 Å². The van der Waals surface area contributed by atoms with Crippen LogP contribution in [0.3, 0.4) is 0 Å². The van der Waals surface area contributed by atoms with E-state index in [1.165, 1.54) is 32.9 Å². The molecule has 0 saturated heterocycles. The van der Waals surface area contributed by atoms with Crippen LogP contribution in [0.5, 0.6) is 11.5 Å². The van der Waals surface area contributed by atoms with Crippen LogP contribution < -0.4 is 4.74 Å². The number of aromatic nitrogens is 5. The number of nitrogens with zero attached hydrogens (tertiary/aromatic N) is 5. The number of fused-ring (bicyclic) bond motifs is 12. The Morgan fingerprint density at radius 3 is 1.83 bits per heavy atom. The van der Waals surface area contributed by atoms with Gasteiger partial charge in [-0.2, -0.15) is 17.2 Å². The molecule has 0 aliphatic carbocycles. The van der Waals surface area contributed by atoms with E-state index in [0.29, 0.717) is 11.5 Å². The van der Waals surface area contributed by atoms with Crippen molar-refractivity contribution in [2.45, 2.75) is 13.8 Å². The molecule has 0 spiro atoms. The Hall–Kier alpha value is -6.23. The Labute approximate surface area is 318 Å². The van der Waals surface area contributed by atoms with E-state index in [2.05, 4.69) is 149 Å². The first-order valence-electron chi connectivity index (χ1n) is 17.4. The number of hydrogen-bond acceptors (Lipinski definition) is 3. The summed E-state index contributed by atoms with van der Waals surface area (Å²) in [5.74, 6) is 1.99. The first-order chi connectivity index (χ1) is 25.6. The standard InChI is InChI=1S/C46H29N5O.Pt/c1-28-9-7-14-38-39-15-8-10-29(2)46(39)49(45(28)38)30-21-23-47-44(25-30)50-40-16-6-5-13-35(40)37-20-18-31(26-42(37)50)52-32-17-19-36-33-11-3-4-12-34(33)41-22-24-48-51(41)43(36)27-32;/h3-25H,1-2H3;/q-2;+2. The predicted octanol–water partition coefficient (Wildman–Crippen LogP) is 11.2. The molecule has 0 N–H and O–H groups in total. The molecule has 0 unspecified atom stereocenters. The average Bonchev–Trinajstić information content (AvgIpc) is 3.89. The number of pyridine rings is 2. The molecular weight excluding hydrogens is 834 g/mol. The molecule has 0 fully saturated rings. The number of rotatable bonds is 4. The van der Waals surface area contributed by atoms with Crippen molar-refractivity contribution < 1.29 is 25.8 Å². The Morgan fingerprint density at radius 1 is 0.509 bits per heavy atom. The number of ether oxygens (including phenoxy) is 1. The zero-order valence-electron chi connectivity index (χ0n) is 28.7. The Bertz CT molecular complexity index is 3200. The fourth-order valence-corrected chi connectivity index (χ4v) is 8.21. The molecule has 5 heterocycles. The second kappa shape index (κ2) is 11.9. The largest absolute Gasteiger partial charge is 2.00 e. The average molecular weight is 863 g/mol. The van der Waals surface area contributed by atoms with Crippen molar-refractivity contribution in [2.75, 3.05) is 0 Å². The zero-order chi connectivity index (χ0) is 34.5. The maximum Gasteiger partial charge on any atom is 2.00 e. The summed E-state index contributed by atoms with van der Waals surface area (Å²) in [5, 5.41) is 12.7. The van der Waals surface area contributed by atoms with Gasteiger partial charge in [-0.25, -0.2) is 4.98 Å². The summed E-state index contributed by atoms with van der Waals surface area (Å²) in [6.45, 7) is 4.37. The Kier molecular flexibility index (Phi) is 7.08. The molecule has 11 aromatic rings. The fourth-order valence-electron chi connectivity index (χ4n) is 8.21. The van der Waals surface area contributed by atoms with Gasteiger partial charge in [0, 0.05) is 46.2 Å². The molecule has 11 rings (SSSR count). The normalized spacial score (nSPS) is 11.8. The van der Waals surface area contributed by atoms with Gasteiger partial charge in [-0.05, 0) is 59.5 Å². The third-order valence-corrected chi connectivity index (χ3v) is 10.5. The van der Waals surface area contributed by atoms with Crippen LogP contribution in [0.15, 0.2) is 140 Å². The van der Waals surface area contributed by atoms with Gasteiger partial charge >= 0.3 is 21.1 Å². The van der Waals surface area contributed by atoms with Crippen LogP contribution in [0.2, 0.25) is 0 Å². The van der Waals surface area contributed by atoms with Crippen LogP contribution in [-0.2, 0) is 21.1 Å². The van der Waals surface area contributed by atoms with Crippen molar-refractivity contribution in [3.05, 3.63) is 163 Å². The minimum atomic E-state index is 0. The summed E-state index contributed by atoms with van der Waals surface area (Å²) in [4.78, 5) is 4.97. The predicted molar refractivity (Wildman–Crippen MR) is 210 cm³/mol. The van der Waals surface area contributed by atoms with Gasteiger partial charge < -0.3 is 13.9 Å². The minimum Gasteiger partial charge on any atom is -0.509 e. The van der Waals surface area contributed by atoms with Crippen molar-refractivity contribution in [2.24, 2.45) is 0 Å². The molecule has 0 radical (unpaired) electrons. The number of aryl methyl sites for hydroxylation is 2. The van der Waals surface area contributed by atoms with E-state index < -0.39 is 0 Å². The second-order valence-corrected chi connectivity index (χ2v) is 13.4. The van der Waals surface area contributed by atoms with Gasteiger partial charge in [0.2, 0.25) is 0 Å². The molecule has 254 valence electrons. The molecule has 7 heteroatoms. The summed E-state index contributed by atoms with van der Waals surface area (Å²) >= 11 is 0. The van der Waals surface area contributed by atoms with Gasteiger partial charge in [0.15, 0.2) is 0 Å². The van der Waals surface area contributed by atoms with Crippen molar-refractivity contribution >= 4 is 70.8 Å². The molecule has 0 aliphatic rings. The van der Waals surface area contributed by atoms with E-state index in [1.807, 2.05) is 35.1 Å². The maximum absolute atomic E-state index is 6.53. The maximum atomic E-state index is 6.53. The van der Waals surface area contributed by atoms with Crippen LogP contribution >= 0.6 is 0 Å². The second-order valence-electron chi connectivity index (χ2n) is 13.4. The summed E-state index contributed by atoms with van der Waals surface area (Å²) in [6.07, 6.45) is 3.74. The quantitative estimate of drug-likeness (QED) is 0.131. The van der Waals surface area contributed by atoms with Crippen LogP contribution in [-0.4, -0.2) is 23.7 Å². The zero-order valence-corrected chi connectivity index (χ0v) is 31.0. The fraction of sp³-hybridized carbons (Fsp3) is 0.0435. The molecule has 0 amide bonds. The van der Waals surface area contributed by atoms with Crippen LogP contribution in [0, 0.1) is 26.0 Å². The van der Waals surface area contributed by atoms with Crippen molar-refractivity contribution in [3.63, 3.8) is 0 Å². The third kappa shape index (κ3) is 4.62. The third-order valence-electron chi connectivity index (χ3n) is 10.5. The van der Waals surface area contributed by atoms with Crippen LogP contribution in [0.1, 0.15) is 11.1 Å². The summed E-state index contributed by atoms with van der Waals surface area (Å²) < 4.78 is 13.1. The van der Waals surface area contributed by atoms with E-state index in [1.54, 1.807) is 0 Å². The van der Waals surface area contributed by atoms with E-state index in [9.17, 15) is 0 Å². The number of benzene rings is 6. The van der Waals surface area contributed by atoms with Crippen molar-refractivity contribution in [1.29, 1.82) is 0 Å². The summed E-state index contributed by atoms with van der Waals surface area (Å²) in [6, 6.07) is 51.6. The van der Waals surface area contributed by atoms with Gasteiger partial charge in [-0.15, -0.1) is 35.0 Å². The number of hydrogen-bond donors (Lipinski definition) is 0. The smallest absolute Gasteiger partial charge is 0.509 e. The molecule has 0 atom stereocenters. The molecule has 5 aromatic heterocycles. The van der Waals surface area contributed by atoms with Crippen LogP contribution in [0.4, 0.5) is 0 Å². The monoisotopic (exact) mass is 862 g/mol. The minimum absolute atomic E-state index is 0. The summed E-state index contributed by atoms with van der Waals surface area (Å²) in [7, 11) is 0. The summed E-state index contributed by atoms with van der Waals surface area (Å²) in [5.41, 5.74) is 9.76. The van der Waals surface area contributed by atoms with Crippen LogP contribution in [0.25, 0.3) is 82.3 Å².